The molecule has 1 amide bonds. The van der Waals surface area contributed by atoms with Gasteiger partial charge < -0.3 is 10.2 Å². The molecule has 2 aromatic carbocycles. The lowest BCUT2D eigenvalue weighted by molar-refractivity contribution is -0.115. The molecule has 0 saturated carbocycles. The first-order valence-corrected chi connectivity index (χ1v) is 12.3. The first-order valence-electron chi connectivity index (χ1n) is 10.9. The lowest BCUT2D eigenvalue weighted by atomic mass is 10.0. The fourth-order valence-electron chi connectivity index (χ4n) is 4.41. The quantitative estimate of drug-likeness (QED) is 0.732. The van der Waals surface area contributed by atoms with Crippen LogP contribution < -0.4 is 10.2 Å². The first-order chi connectivity index (χ1) is 15.3. The molecule has 1 saturated heterocycles. The molecule has 4 rings (SSSR count). The average Bonchev–Trinajstić information content (AvgIpc) is 2.75. The van der Waals surface area contributed by atoms with E-state index in [2.05, 4.69) is 5.32 Å². The van der Waals surface area contributed by atoms with E-state index in [1.54, 1.807) is 24.0 Å². The number of amides is 1. The second-order valence-electron chi connectivity index (χ2n) is 8.41. The van der Waals surface area contributed by atoms with Crippen molar-refractivity contribution in [1.29, 1.82) is 0 Å². The van der Waals surface area contributed by atoms with E-state index in [9.17, 15) is 22.0 Å². The molecule has 0 radical (unpaired) electrons. The molecule has 2 aliphatic rings. The monoisotopic (exact) mass is 463 g/mol. The Hall–Kier alpha value is -2.52. The van der Waals surface area contributed by atoms with E-state index in [4.69, 9.17) is 0 Å². The van der Waals surface area contributed by atoms with Gasteiger partial charge >= 0.3 is 0 Å². The van der Waals surface area contributed by atoms with Gasteiger partial charge in [-0.3, -0.25) is 4.79 Å². The molecule has 9 heteroatoms. The van der Waals surface area contributed by atoms with Gasteiger partial charge in [0.25, 0.3) is 0 Å². The van der Waals surface area contributed by atoms with Crippen LogP contribution >= 0.6 is 0 Å². The Morgan fingerprint density at radius 2 is 1.78 bits per heavy atom. The first kappa shape index (κ1) is 22.7. The molecule has 2 aromatic rings. The van der Waals surface area contributed by atoms with E-state index in [-0.39, 0.29) is 17.1 Å². The summed E-state index contributed by atoms with van der Waals surface area (Å²) < 4.78 is 55.4. The minimum atomic E-state index is -3.63. The Bertz CT molecular complexity index is 1130. The number of halogens is 2. The zero-order valence-corrected chi connectivity index (χ0v) is 18.9. The number of carbonyl (C=O) groups excluding carboxylic acids is 1. The van der Waals surface area contributed by atoms with Crippen LogP contribution in [0.5, 0.6) is 0 Å². The Kier molecular flexibility index (Phi) is 6.48. The van der Waals surface area contributed by atoms with Crippen molar-refractivity contribution in [2.75, 3.05) is 36.4 Å². The molecule has 0 bridgehead atoms. The predicted octanol–water partition coefficient (Wildman–Crippen LogP) is 3.84. The number of nitrogens with one attached hydrogen (secondary N) is 1. The number of anilines is 2. The van der Waals surface area contributed by atoms with Crippen molar-refractivity contribution in [3.8, 4) is 0 Å². The van der Waals surface area contributed by atoms with Gasteiger partial charge in [-0.15, -0.1) is 0 Å². The topological polar surface area (TPSA) is 69.7 Å². The second kappa shape index (κ2) is 9.15. The van der Waals surface area contributed by atoms with E-state index in [0.717, 1.165) is 30.9 Å². The Labute approximate surface area is 187 Å². The van der Waals surface area contributed by atoms with Gasteiger partial charge in [0.15, 0.2) is 0 Å². The van der Waals surface area contributed by atoms with Crippen molar-refractivity contribution < 1.29 is 22.0 Å². The number of hydrogen-bond acceptors (Lipinski definition) is 4. The van der Waals surface area contributed by atoms with Crippen LogP contribution in [0, 0.1) is 18.6 Å². The molecule has 0 aromatic heterocycles. The number of benzene rings is 2. The summed E-state index contributed by atoms with van der Waals surface area (Å²) in [5.41, 5.74) is 1.94. The zero-order valence-electron chi connectivity index (χ0n) is 18.0. The maximum atomic E-state index is 14.4. The van der Waals surface area contributed by atoms with Crippen LogP contribution in [0.25, 0.3) is 0 Å². The fraction of sp³-hybridized carbons (Fsp3) is 0.435. The number of sulfonamides is 1. The SMILES string of the molecule is Cc1ccc(S(=O)(=O)N2CCCCC2)cc1NC(=O)CN1CCCc2cc(F)cc(F)c21. The number of carbonyl (C=O) groups is 1. The average molecular weight is 464 g/mol. The smallest absolute Gasteiger partial charge is 0.243 e. The molecular weight excluding hydrogens is 436 g/mol. The molecule has 0 unspecified atom stereocenters. The van der Waals surface area contributed by atoms with Crippen molar-refractivity contribution in [1.82, 2.24) is 4.31 Å². The molecule has 32 heavy (non-hydrogen) atoms. The van der Waals surface area contributed by atoms with Gasteiger partial charge in [-0.2, -0.15) is 4.31 Å². The summed E-state index contributed by atoms with van der Waals surface area (Å²) in [5.74, 6) is -1.70. The summed E-state index contributed by atoms with van der Waals surface area (Å²) in [4.78, 5) is 14.5. The third-order valence-corrected chi connectivity index (χ3v) is 7.96. The number of fused-ring (bicyclic) bond motifs is 1. The molecule has 0 aliphatic carbocycles. The van der Waals surface area contributed by atoms with Gasteiger partial charge in [0.05, 0.1) is 17.1 Å². The second-order valence-corrected chi connectivity index (χ2v) is 10.3. The lowest BCUT2D eigenvalue weighted by Crippen LogP contribution is -2.37. The Morgan fingerprint density at radius 1 is 1.03 bits per heavy atom. The summed E-state index contributed by atoms with van der Waals surface area (Å²) in [6.45, 7) is 3.14. The Balaban J connectivity index is 1.52. The largest absolute Gasteiger partial charge is 0.360 e. The van der Waals surface area contributed by atoms with Gasteiger partial charge in [-0.25, -0.2) is 17.2 Å². The molecule has 0 spiro atoms. The molecule has 1 fully saturated rings. The van der Waals surface area contributed by atoms with Gasteiger partial charge in [-0.1, -0.05) is 12.5 Å². The number of nitrogens with zero attached hydrogens (tertiary/aromatic N) is 2. The number of piperidine rings is 1. The van der Waals surface area contributed by atoms with Gasteiger partial charge in [-0.05, 0) is 61.9 Å². The highest BCUT2D eigenvalue weighted by Crippen LogP contribution is 2.31. The van der Waals surface area contributed by atoms with Crippen LogP contribution in [-0.4, -0.2) is 44.8 Å². The standard InChI is InChI=1S/C23H27F2N3O3S/c1-16-7-8-19(32(30,31)28-10-3-2-4-11-28)14-21(16)26-22(29)15-27-9-5-6-17-12-18(24)13-20(25)23(17)27/h7-8,12-14H,2-6,9-11,15H2,1H3,(H,26,29). The minimum absolute atomic E-state index is 0.113. The van der Waals surface area contributed by atoms with Crippen LogP contribution in [0.1, 0.15) is 36.8 Å². The van der Waals surface area contributed by atoms with Gasteiger partial charge in [0.2, 0.25) is 15.9 Å². The van der Waals surface area contributed by atoms with Crippen molar-refractivity contribution in [2.24, 2.45) is 0 Å². The van der Waals surface area contributed by atoms with Crippen LogP contribution in [0.2, 0.25) is 0 Å². The summed E-state index contributed by atoms with van der Waals surface area (Å²) in [7, 11) is -3.63. The highest BCUT2D eigenvalue weighted by atomic mass is 32.2. The zero-order chi connectivity index (χ0) is 22.9. The van der Waals surface area contributed by atoms with Crippen molar-refractivity contribution >= 4 is 27.3 Å². The number of hydrogen-bond donors (Lipinski definition) is 1. The van der Waals surface area contributed by atoms with Crippen LogP contribution in [0.15, 0.2) is 35.2 Å². The highest BCUT2D eigenvalue weighted by molar-refractivity contribution is 7.89. The Morgan fingerprint density at radius 3 is 2.53 bits per heavy atom. The number of rotatable bonds is 5. The van der Waals surface area contributed by atoms with Crippen LogP contribution in [0.3, 0.4) is 0 Å². The van der Waals surface area contributed by atoms with E-state index in [1.807, 2.05) is 0 Å². The molecular formula is C23H27F2N3O3S. The molecule has 2 heterocycles. The molecule has 172 valence electrons. The fourth-order valence-corrected chi connectivity index (χ4v) is 5.95. The van der Waals surface area contributed by atoms with Crippen LogP contribution in [-0.2, 0) is 21.2 Å². The van der Waals surface area contributed by atoms with E-state index < -0.39 is 27.6 Å². The maximum absolute atomic E-state index is 14.4. The summed E-state index contributed by atoms with van der Waals surface area (Å²) in [6.07, 6.45) is 3.94. The summed E-state index contributed by atoms with van der Waals surface area (Å²) in [6, 6.07) is 6.85. The molecule has 2 aliphatic heterocycles. The predicted molar refractivity (Wildman–Crippen MR) is 119 cm³/mol. The number of aryl methyl sites for hydroxylation is 2. The molecule has 1 N–H and O–H groups in total. The van der Waals surface area contributed by atoms with E-state index in [0.29, 0.717) is 43.7 Å². The summed E-state index contributed by atoms with van der Waals surface area (Å²) in [5, 5.41) is 2.77. The normalized spacial score (nSPS) is 17.2. The molecule has 6 nitrogen and oxygen atoms in total. The van der Waals surface area contributed by atoms with E-state index in [1.165, 1.54) is 16.4 Å². The van der Waals surface area contributed by atoms with Crippen molar-refractivity contribution in [3.63, 3.8) is 0 Å². The third-order valence-electron chi connectivity index (χ3n) is 6.07. The molecule has 0 atom stereocenters. The lowest BCUT2D eigenvalue weighted by Gasteiger charge is -2.31. The summed E-state index contributed by atoms with van der Waals surface area (Å²) >= 11 is 0. The third kappa shape index (κ3) is 4.63. The van der Waals surface area contributed by atoms with Crippen molar-refractivity contribution in [3.05, 3.63) is 53.1 Å². The van der Waals surface area contributed by atoms with Crippen LogP contribution in [0.4, 0.5) is 20.2 Å². The highest BCUT2D eigenvalue weighted by Gasteiger charge is 2.27. The minimum Gasteiger partial charge on any atom is -0.360 e. The van der Waals surface area contributed by atoms with E-state index >= 15 is 0 Å². The van der Waals surface area contributed by atoms with Crippen molar-refractivity contribution in [2.45, 2.75) is 43.9 Å². The maximum Gasteiger partial charge on any atom is 0.243 e. The van der Waals surface area contributed by atoms with Gasteiger partial charge in [0, 0.05) is 31.4 Å². The van der Waals surface area contributed by atoms with Gasteiger partial charge in [0.1, 0.15) is 11.6 Å².